The van der Waals surface area contributed by atoms with E-state index in [-0.39, 0.29) is 0 Å². The van der Waals surface area contributed by atoms with Crippen molar-refractivity contribution < 1.29 is 4.74 Å². The fourth-order valence-corrected chi connectivity index (χ4v) is 2.06. The van der Waals surface area contributed by atoms with Gasteiger partial charge >= 0.3 is 0 Å². The van der Waals surface area contributed by atoms with Crippen LogP contribution in [0.2, 0.25) is 0 Å². The van der Waals surface area contributed by atoms with Crippen LogP contribution in [0.25, 0.3) is 0 Å². The maximum atomic E-state index is 5.96. The zero-order valence-corrected chi connectivity index (χ0v) is 13.0. The molecule has 1 aromatic heterocycles. The molecule has 0 bridgehead atoms. The Morgan fingerprint density at radius 3 is 2.76 bits per heavy atom. The van der Waals surface area contributed by atoms with E-state index in [4.69, 9.17) is 4.74 Å². The summed E-state index contributed by atoms with van der Waals surface area (Å²) in [5.74, 6) is 2.69. The van der Waals surface area contributed by atoms with Crippen LogP contribution in [0, 0.1) is 0 Å². The van der Waals surface area contributed by atoms with E-state index in [9.17, 15) is 0 Å². The molecule has 2 rings (SSSR count). The molecule has 0 aliphatic heterocycles. The van der Waals surface area contributed by atoms with Crippen molar-refractivity contribution in [2.75, 3.05) is 11.9 Å². The average molecular weight is 285 g/mol. The molecular formula is C17H23N3O. The van der Waals surface area contributed by atoms with E-state index in [0.717, 1.165) is 31.0 Å². The molecule has 0 fully saturated rings. The van der Waals surface area contributed by atoms with Crippen LogP contribution in [-0.4, -0.2) is 16.5 Å². The van der Waals surface area contributed by atoms with Gasteiger partial charge in [0.15, 0.2) is 0 Å². The van der Waals surface area contributed by atoms with Crippen molar-refractivity contribution in [2.45, 2.75) is 39.5 Å². The van der Waals surface area contributed by atoms with E-state index in [0.29, 0.717) is 11.8 Å². The molecule has 1 heterocycles. The van der Waals surface area contributed by atoms with Gasteiger partial charge in [0, 0.05) is 12.6 Å². The largest absolute Gasteiger partial charge is 0.439 e. The van der Waals surface area contributed by atoms with Gasteiger partial charge in [-0.3, -0.25) is 0 Å². The normalized spacial score (nSPS) is 12.0. The quantitative estimate of drug-likeness (QED) is 0.807. The highest BCUT2D eigenvalue weighted by Crippen LogP contribution is 2.31. The molecule has 21 heavy (non-hydrogen) atoms. The fraction of sp³-hybridized carbons (Fsp3) is 0.412. The summed E-state index contributed by atoms with van der Waals surface area (Å²) >= 11 is 0. The van der Waals surface area contributed by atoms with Crippen LogP contribution in [0.15, 0.2) is 36.7 Å². The number of para-hydroxylation sites is 1. The molecule has 0 aliphatic carbocycles. The van der Waals surface area contributed by atoms with Crippen molar-refractivity contribution in [3.05, 3.63) is 42.2 Å². The van der Waals surface area contributed by atoms with Crippen molar-refractivity contribution >= 4 is 5.82 Å². The summed E-state index contributed by atoms with van der Waals surface area (Å²) in [5, 5.41) is 3.24. The highest BCUT2D eigenvalue weighted by Gasteiger charge is 2.11. The van der Waals surface area contributed by atoms with Gasteiger partial charge in [-0.2, -0.15) is 0 Å². The first-order valence-electron chi connectivity index (χ1n) is 7.57. The van der Waals surface area contributed by atoms with Gasteiger partial charge in [-0.25, -0.2) is 9.97 Å². The number of nitrogens with zero attached hydrogens (tertiary/aromatic N) is 2. The third-order valence-corrected chi connectivity index (χ3v) is 3.47. The lowest BCUT2D eigenvalue weighted by atomic mass is 9.98. The molecule has 1 aromatic carbocycles. The van der Waals surface area contributed by atoms with Crippen LogP contribution in [-0.2, 0) is 0 Å². The predicted octanol–water partition coefficient (Wildman–Crippen LogP) is 4.60. The summed E-state index contributed by atoms with van der Waals surface area (Å²) in [6.07, 6.45) is 3.66. The molecule has 0 aliphatic rings. The van der Waals surface area contributed by atoms with E-state index >= 15 is 0 Å². The van der Waals surface area contributed by atoms with E-state index in [1.807, 2.05) is 24.3 Å². The Bertz CT molecular complexity index is 571. The van der Waals surface area contributed by atoms with E-state index in [1.54, 1.807) is 0 Å². The summed E-state index contributed by atoms with van der Waals surface area (Å²) in [7, 11) is 0. The van der Waals surface area contributed by atoms with Crippen molar-refractivity contribution in [1.29, 1.82) is 0 Å². The lowest BCUT2D eigenvalue weighted by Gasteiger charge is -2.15. The van der Waals surface area contributed by atoms with Crippen molar-refractivity contribution in [2.24, 2.45) is 0 Å². The van der Waals surface area contributed by atoms with Crippen LogP contribution in [0.3, 0.4) is 0 Å². The minimum absolute atomic E-state index is 0.459. The minimum Gasteiger partial charge on any atom is -0.439 e. The molecule has 0 spiro atoms. The molecule has 0 radical (unpaired) electrons. The van der Waals surface area contributed by atoms with E-state index in [1.165, 1.54) is 11.9 Å². The van der Waals surface area contributed by atoms with Gasteiger partial charge in [0.2, 0.25) is 5.88 Å². The molecule has 4 heteroatoms. The van der Waals surface area contributed by atoms with Crippen molar-refractivity contribution in [3.8, 4) is 11.6 Å². The van der Waals surface area contributed by atoms with Gasteiger partial charge in [0.1, 0.15) is 17.9 Å². The van der Waals surface area contributed by atoms with Gasteiger partial charge in [0.05, 0.1) is 0 Å². The Labute approximate surface area is 126 Å². The van der Waals surface area contributed by atoms with Gasteiger partial charge in [-0.1, -0.05) is 39.0 Å². The number of aromatic nitrogens is 2. The first-order chi connectivity index (χ1) is 10.2. The number of ether oxygens (including phenoxy) is 1. The zero-order valence-electron chi connectivity index (χ0n) is 13.0. The minimum atomic E-state index is 0.459. The summed E-state index contributed by atoms with van der Waals surface area (Å²) < 4.78 is 5.96. The second kappa shape index (κ2) is 7.62. The van der Waals surface area contributed by atoms with E-state index in [2.05, 4.69) is 42.1 Å². The zero-order chi connectivity index (χ0) is 15.1. The topological polar surface area (TPSA) is 47.0 Å². The van der Waals surface area contributed by atoms with Crippen LogP contribution in [0.4, 0.5) is 5.82 Å². The summed E-state index contributed by atoms with van der Waals surface area (Å²) in [6.45, 7) is 7.39. The first-order valence-corrected chi connectivity index (χ1v) is 7.57. The lowest BCUT2D eigenvalue weighted by molar-refractivity contribution is 0.451. The lowest BCUT2D eigenvalue weighted by Crippen LogP contribution is -2.03. The molecule has 0 amide bonds. The highest BCUT2D eigenvalue weighted by atomic mass is 16.5. The van der Waals surface area contributed by atoms with Crippen LogP contribution < -0.4 is 10.1 Å². The number of rotatable bonds is 7. The Hall–Kier alpha value is -2.10. The van der Waals surface area contributed by atoms with Crippen LogP contribution in [0.1, 0.15) is 45.1 Å². The van der Waals surface area contributed by atoms with Crippen LogP contribution in [0.5, 0.6) is 11.6 Å². The molecule has 1 N–H and O–H groups in total. The average Bonchev–Trinajstić information content (AvgIpc) is 2.53. The first kappa shape index (κ1) is 15.3. The molecule has 0 saturated heterocycles. The van der Waals surface area contributed by atoms with Crippen molar-refractivity contribution in [1.82, 2.24) is 9.97 Å². The molecule has 1 atom stereocenters. The van der Waals surface area contributed by atoms with Crippen molar-refractivity contribution in [3.63, 3.8) is 0 Å². The molecule has 1 unspecified atom stereocenters. The summed E-state index contributed by atoms with van der Waals surface area (Å²) in [6, 6.07) is 9.97. The number of benzene rings is 1. The Morgan fingerprint density at radius 1 is 1.19 bits per heavy atom. The second-order valence-electron chi connectivity index (χ2n) is 5.12. The predicted molar refractivity (Wildman–Crippen MR) is 86.0 cm³/mol. The molecule has 2 aromatic rings. The number of nitrogens with one attached hydrogen (secondary N) is 1. The molecule has 0 saturated carbocycles. The second-order valence-corrected chi connectivity index (χ2v) is 5.12. The number of hydrogen-bond donors (Lipinski definition) is 1. The highest BCUT2D eigenvalue weighted by molar-refractivity contribution is 5.41. The maximum absolute atomic E-state index is 5.96. The maximum Gasteiger partial charge on any atom is 0.224 e. The number of hydrogen-bond acceptors (Lipinski definition) is 4. The van der Waals surface area contributed by atoms with Gasteiger partial charge < -0.3 is 10.1 Å². The van der Waals surface area contributed by atoms with Gasteiger partial charge in [-0.15, -0.1) is 0 Å². The standard InChI is InChI=1S/C17H23N3O/c1-4-10-18-16-11-17(20-12-19-16)21-15-9-7-6-8-14(15)13(3)5-2/h6-9,11-13H,4-5,10H2,1-3H3,(H,18,19,20). The SMILES string of the molecule is CCCNc1cc(Oc2ccccc2C(C)CC)ncn1. The third kappa shape index (κ3) is 4.18. The molecular weight excluding hydrogens is 262 g/mol. The van der Waals surface area contributed by atoms with Gasteiger partial charge in [0.25, 0.3) is 0 Å². The Balaban J connectivity index is 2.18. The smallest absolute Gasteiger partial charge is 0.224 e. The molecule has 4 nitrogen and oxygen atoms in total. The molecule has 112 valence electrons. The Kier molecular flexibility index (Phi) is 5.55. The number of anilines is 1. The Morgan fingerprint density at radius 2 is 2.00 bits per heavy atom. The van der Waals surface area contributed by atoms with E-state index < -0.39 is 0 Å². The van der Waals surface area contributed by atoms with Gasteiger partial charge in [-0.05, 0) is 30.4 Å². The summed E-state index contributed by atoms with van der Waals surface area (Å²) in [5.41, 5.74) is 1.21. The third-order valence-electron chi connectivity index (χ3n) is 3.47. The fourth-order valence-electron chi connectivity index (χ4n) is 2.06. The summed E-state index contributed by atoms with van der Waals surface area (Å²) in [4.78, 5) is 8.39. The monoisotopic (exact) mass is 285 g/mol. The van der Waals surface area contributed by atoms with Crippen LogP contribution >= 0.6 is 0 Å².